The third-order valence-electron chi connectivity index (χ3n) is 1.41. The summed E-state index contributed by atoms with van der Waals surface area (Å²) in [5, 5.41) is 11.0. The number of carbonyl (C=O) groups is 2. The Morgan fingerprint density at radius 2 is 1.93 bits per heavy atom. The van der Waals surface area contributed by atoms with Gasteiger partial charge in [0, 0.05) is 13.5 Å². The van der Waals surface area contributed by atoms with E-state index >= 15 is 0 Å². The zero-order valence-electron chi connectivity index (χ0n) is 8.74. The van der Waals surface area contributed by atoms with Gasteiger partial charge in [-0.2, -0.15) is 0 Å². The first-order valence-electron chi connectivity index (χ1n) is 4.51. The fourth-order valence-corrected chi connectivity index (χ4v) is 0.842. The monoisotopic (exact) mass is 203 g/mol. The highest BCUT2D eigenvalue weighted by molar-refractivity contribution is 5.82. The molecule has 1 atom stereocenters. The summed E-state index contributed by atoms with van der Waals surface area (Å²) in [4.78, 5) is 21.2. The van der Waals surface area contributed by atoms with Gasteiger partial charge in [0.05, 0.1) is 6.61 Å². The van der Waals surface area contributed by atoms with Gasteiger partial charge in [0.2, 0.25) is 5.91 Å². The number of ether oxygens (including phenoxy) is 1. The lowest BCUT2D eigenvalue weighted by molar-refractivity contribution is -0.143. The van der Waals surface area contributed by atoms with Crippen LogP contribution in [0, 0.1) is 5.92 Å². The number of nitrogens with one attached hydrogen (secondary N) is 1. The molecule has 5 heteroatoms. The van der Waals surface area contributed by atoms with Crippen LogP contribution in [0.5, 0.6) is 0 Å². The lowest BCUT2D eigenvalue weighted by atomic mass is 10.2. The van der Waals surface area contributed by atoms with Crippen molar-refractivity contribution in [1.29, 1.82) is 0 Å². The molecule has 14 heavy (non-hydrogen) atoms. The van der Waals surface area contributed by atoms with Crippen LogP contribution < -0.4 is 5.32 Å². The van der Waals surface area contributed by atoms with Gasteiger partial charge in [-0.25, -0.2) is 4.79 Å². The molecule has 0 heterocycles. The Balaban J connectivity index is 3.86. The fourth-order valence-electron chi connectivity index (χ4n) is 0.842. The summed E-state index contributed by atoms with van der Waals surface area (Å²) in [5.74, 6) is -1.10. The van der Waals surface area contributed by atoms with Crippen LogP contribution in [0.2, 0.25) is 0 Å². The molecule has 0 saturated carbocycles. The number of carboxylic acid groups (broad SMARTS) is 1. The molecule has 0 radical (unpaired) electrons. The van der Waals surface area contributed by atoms with Crippen LogP contribution in [-0.2, 0) is 14.3 Å². The Hall–Kier alpha value is -1.10. The average molecular weight is 203 g/mol. The van der Waals surface area contributed by atoms with Gasteiger partial charge in [0.1, 0.15) is 0 Å². The Morgan fingerprint density at radius 3 is 2.29 bits per heavy atom. The highest BCUT2D eigenvalue weighted by Crippen LogP contribution is 1.94. The van der Waals surface area contributed by atoms with E-state index in [0.29, 0.717) is 12.5 Å². The van der Waals surface area contributed by atoms with E-state index in [0.717, 1.165) is 0 Å². The number of rotatable bonds is 6. The normalized spacial score (nSPS) is 12.6. The molecule has 0 aliphatic heterocycles. The lowest BCUT2D eigenvalue weighted by Crippen LogP contribution is -2.43. The maximum absolute atomic E-state index is 10.6. The van der Waals surface area contributed by atoms with Crippen molar-refractivity contribution in [2.24, 2.45) is 5.92 Å². The van der Waals surface area contributed by atoms with Crippen molar-refractivity contribution in [3.05, 3.63) is 0 Å². The van der Waals surface area contributed by atoms with Gasteiger partial charge in [-0.1, -0.05) is 13.8 Å². The molecule has 82 valence electrons. The summed E-state index contributed by atoms with van der Waals surface area (Å²) in [6.07, 6.45) is 0. The third-order valence-corrected chi connectivity index (χ3v) is 1.41. The SMILES string of the molecule is CC(=O)N[C@@H](COCC(C)C)C(=O)O. The van der Waals surface area contributed by atoms with E-state index in [9.17, 15) is 9.59 Å². The first-order valence-corrected chi connectivity index (χ1v) is 4.51. The molecule has 0 aliphatic rings. The van der Waals surface area contributed by atoms with Crippen LogP contribution in [0.3, 0.4) is 0 Å². The van der Waals surface area contributed by atoms with E-state index in [1.54, 1.807) is 0 Å². The maximum Gasteiger partial charge on any atom is 0.328 e. The molecule has 0 fully saturated rings. The zero-order chi connectivity index (χ0) is 11.1. The first kappa shape index (κ1) is 12.9. The summed E-state index contributed by atoms with van der Waals surface area (Å²) >= 11 is 0. The van der Waals surface area contributed by atoms with Crippen LogP contribution in [0.15, 0.2) is 0 Å². The minimum absolute atomic E-state index is 0.00704. The van der Waals surface area contributed by atoms with Crippen molar-refractivity contribution in [1.82, 2.24) is 5.32 Å². The van der Waals surface area contributed by atoms with Crippen LogP contribution >= 0.6 is 0 Å². The quantitative estimate of drug-likeness (QED) is 0.648. The second-order valence-electron chi connectivity index (χ2n) is 3.52. The van der Waals surface area contributed by atoms with Gasteiger partial charge in [0.15, 0.2) is 6.04 Å². The smallest absolute Gasteiger partial charge is 0.328 e. The zero-order valence-corrected chi connectivity index (χ0v) is 8.74. The second-order valence-corrected chi connectivity index (χ2v) is 3.52. The van der Waals surface area contributed by atoms with Gasteiger partial charge < -0.3 is 15.2 Å². The highest BCUT2D eigenvalue weighted by Gasteiger charge is 2.18. The molecule has 0 saturated heterocycles. The standard InChI is InChI=1S/C9H17NO4/c1-6(2)4-14-5-8(9(12)13)10-7(3)11/h6,8H,4-5H2,1-3H3,(H,10,11)(H,12,13)/t8-/m0/s1. The van der Waals surface area contributed by atoms with Crippen molar-refractivity contribution < 1.29 is 19.4 Å². The molecule has 1 amide bonds. The predicted octanol–water partition coefficient (Wildman–Crippen LogP) is 0.248. The largest absolute Gasteiger partial charge is 0.480 e. The van der Waals surface area contributed by atoms with Gasteiger partial charge in [-0.15, -0.1) is 0 Å². The lowest BCUT2D eigenvalue weighted by Gasteiger charge is -2.14. The van der Waals surface area contributed by atoms with Crippen LogP contribution in [-0.4, -0.2) is 36.2 Å². The molecule has 0 aromatic rings. The molecule has 0 aliphatic carbocycles. The molecule has 5 nitrogen and oxygen atoms in total. The molecule has 0 aromatic heterocycles. The van der Waals surface area contributed by atoms with E-state index in [4.69, 9.17) is 9.84 Å². The number of carboxylic acids is 1. The molecule has 0 bridgehead atoms. The van der Waals surface area contributed by atoms with Gasteiger partial charge in [-0.3, -0.25) is 4.79 Å². The summed E-state index contributed by atoms with van der Waals surface area (Å²) in [6.45, 7) is 5.71. The highest BCUT2D eigenvalue weighted by atomic mass is 16.5. The number of hydrogen-bond donors (Lipinski definition) is 2. The van der Waals surface area contributed by atoms with Crippen molar-refractivity contribution in [2.45, 2.75) is 26.8 Å². The van der Waals surface area contributed by atoms with Crippen molar-refractivity contribution in [2.75, 3.05) is 13.2 Å². The number of amides is 1. The van der Waals surface area contributed by atoms with E-state index in [1.807, 2.05) is 13.8 Å². The molecule has 2 N–H and O–H groups in total. The Kier molecular flexibility index (Phi) is 5.87. The molecular formula is C9H17NO4. The summed E-state index contributed by atoms with van der Waals surface area (Å²) < 4.78 is 5.12. The first-order chi connectivity index (χ1) is 6.43. The summed E-state index contributed by atoms with van der Waals surface area (Å²) in [6, 6.07) is -0.953. The van der Waals surface area contributed by atoms with Gasteiger partial charge in [0.25, 0.3) is 0 Å². The van der Waals surface area contributed by atoms with Gasteiger partial charge >= 0.3 is 5.97 Å². The van der Waals surface area contributed by atoms with Gasteiger partial charge in [-0.05, 0) is 5.92 Å². The minimum atomic E-state index is -1.08. The van der Waals surface area contributed by atoms with E-state index in [2.05, 4.69) is 5.32 Å². The number of carbonyl (C=O) groups excluding carboxylic acids is 1. The number of hydrogen-bond acceptors (Lipinski definition) is 3. The van der Waals surface area contributed by atoms with Crippen molar-refractivity contribution >= 4 is 11.9 Å². The van der Waals surface area contributed by atoms with E-state index in [1.165, 1.54) is 6.92 Å². The van der Waals surface area contributed by atoms with E-state index in [-0.39, 0.29) is 12.5 Å². The fraction of sp³-hybridized carbons (Fsp3) is 0.778. The average Bonchev–Trinajstić information content (AvgIpc) is 2.00. The Morgan fingerprint density at radius 1 is 1.36 bits per heavy atom. The second kappa shape index (κ2) is 6.37. The minimum Gasteiger partial charge on any atom is -0.480 e. The predicted molar refractivity (Wildman–Crippen MR) is 50.9 cm³/mol. The van der Waals surface area contributed by atoms with E-state index < -0.39 is 12.0 Å². The van der Waals surface area contributed by atoms with Crippen molar-refractivity contribution in [3.63, 3.8) is 0 Å². The third kappa shape index (κ3) is 6.42. The van der Waals surface area contributed by atoms with Crippen molar-refractivity contribution in [3.8, 4) is 0 Å². The number of aliphatic carboxylic acids is 1. The molecular weight excluding hydrogens is 186 g/mol. The van der Waals surface area contributed by atoms with Crippen LogP contribution in [0.4, 0.5) is 0 Å². The summed E-state index contributed by atoms with van der Waals surface area (Å²) in [5.41, 5.74) is 0. The Labute approximate surface area is 83.4 Å². The molecule has 0 rings (SSSR count). The molecule has 0 spiro atoms. The van der Waals surface area contributed by atoms with Crippen LogP contribution in [0.25, 0.3) is 0 Å². The maximum atomic E-state index is 10.6. The molecule has 0 unspecified atom stereocenters. The molecule has 0 aromatic carbocycles. The topological polar surface area (TPSA) is 75.6 Å². The summed E-state index contributed by atoms with van der Waals surface area (Å²) in [7, 11) is 0. The van der Waals surface area contributed by atoms with Crippen LogP contribution in [0.1, 0.15) is 20.8 Å². The Bertz CT molecular complexity index is 203.